The molecule has 0 bridgehead atoms. The Kier molecular flexibility index (Phi) is 5.57. The Morgan fingerprint density at radius 3 is 2.69 bits per heavy atom. The van der Waals surface area contributed by atoms with Crippen molar-refractivity contribution >= 4 is 39.4 Å². The quantitative estimate of drug-likeness (QED) is 0.659. The fourth-order valence-corrected chi connectivity index (χ4v) is 3.00. The number of para-hydroxylation sites is 2. The van der Waals surface area contributed by atoms with Crippen LogP contribution in [0.25, 0.3) is 11.1 Å². The van der Waals surface area contributed by atoms with Crippen molar-refractivity contribution in [2.45, 2.75) is 39.2 Å². The minimum absolute atomic E-state index is 0.0626. The molecule has 1 atom stereocenters. The summed E-state index contributed by atoms with van der Waals surface area (Å²) in [5.74, 6) is -0.0835. The summed E-state index contributed by atoms with van der Waals surface area (Å²) in [6.45, 7) is 3.75. The Bertz CT molecular complexity index is 887. The van der Waals surface area contributed by atoms with E-state index in [9.17, 15) is 9.59 Å². The number of amides is 2. The summed E-state index contributed by atoms with van der Waals surface area (Å²) in [6.07, 6.45) is 0.895. The lowest BCUT2D eigenvalue weighted by atomic mass is 10.2. The molecule has 0 saturated heterocycles. The molecular formula is C17H19N5O3S. The molecule has 0 aliphatic heterocycles. The predicted octanol–water partition coefficient (Wildman–Crippen LogP) is 2.84. The smallest absolute Gasteiger partial charge is 0.226 e. The molecule has 26 heavy (non-hydrogen) atoms. The van der Waals surface area contributed by atoms with E-state index in [-0.39, 0.29) is 30.7 Å². The van der Waals surface area contributed by atoms with Crippen LogP contribution in [0.2, 0.25) is 0 Å². The van der Waals surface area contributed by atoms with E-state index in [1.807, 2.05) is 31.2 Å². The molecule has 3 rings (SSSR count). The van der Waals surface area contributed by atoms with Gasteiger partial charge in [-0.15, -0.1) is 10.2 Å². The van der Waals surface area contributed by atoms with E-state index in [2.05, 4.69) is 25.8 Å². The van der Waals surface area contributed by atoms with Gasteiger partial charge in [0.25, 0.3) is 0 Å². The van der Waals surface area contributed by atoms with Gasteiger partial charge in [0.2, 0.25) is 22.8 Å². The van der Waals surface area contributed by atoms with Crippen molar-refractivity contribution in [3.05, 3.63) is 35.2 Å². The van der Waals surface area contributed by atoms with Crippen LogP contribution in [-0.4, -0.2) is 27.0 Å². The highest BCUT2D eigenvalue weighted by atomic mass is 32.1. The van der Waals surface area contributed by atoms with Crippen LogP contribution in [0, 0.1) is 0 Å². The minimum Gasteiger partial charge on any atom is -0.438 e. The number of carbonyl (C=O) groups excluding carboxylic acids is 2. The summed E-state index contributed by atoms with van der Waals surface area (Å²) in [5.41, 5.74) is 1.41. The Morgan fingerprint density at radius 2 is 1.96 bits per heavy atom. The SMILES string of the molecule is CCc1nnc(NC(=O)CCC(=O)NC(C)c2nc3ccccc3o2)s1. The zero-order chi connectivity index (χ0) is 18.5. The van der Waals surface area contributed by atoms with Gasteiger partial charge < -0.3 is 15.1 Å². The van der Waals surface area contributed by atoms with E-state index in [0.717, 1.165) is 16.9 Å². The molecule has 0 fully saturated rings. The molecule has 1 aromatic carbocycles. The summed E-state index contributed by atoms with van der Waals surface area (Å²) in [4.78, 5) is 28.3. The monoisotopic (exact) mass is 373 g/mol. The molecule has 2 amide bonds. The summed E-state index contributed by atoms with van der Waals surface area (Å²) in [6, 6.07) is 7.02. The second kappa shape index (κ2) is 8.05. The Balaban J connectivity index is 1.47. The topological polar surface area (TPSA) is 110 Å². The van der Waals surface area contributed by atoms with Crippen molar-refractivity contribution in [3.63, 3.8) is 0 Å². The molecule has 136 valence electrons. The van der Waals surface area contributed by atoms with E-state index < -0.39 is 0 Å². The fraction of sp³-hybridized carbons (Fsp3) is 0.353. The number of nitrogens with one attached hydrogen (secondary N) is 2. The van der Waals surface area contributed by atoms with Gasteiger partial charge in [-0.2, -0.15) is 0 Å². The maximum absolute atomic E-state index is 12.1. The molecule has 8 nitrogen and oxygen atoms in total. The number of rotatable bonds is 7. The summed E-state index contributed by atoms with van der Waals surface area (Å²) < 4.78 is 5.63. The average Bonchev–Trinajstić information content (AvgIpc) is 3.26. The number of aryl methyl sites for hydroxylation is 1. The van der Waals surface area contributed by atoms with Gasteiger partial charge in [-0.3, -0.25) is 9.59 Å². The van der Waals surface area contributed by atoms with E-state index in [1.54, 1.807) is 6.92 Å². The van der Waals surface area contributed by atoms with Crippen molar-refractivity contribution in [1.29, 1.82) is 0 Å². The number of aromatic nitrogens is 3. The number of carbonyl (C=O) groups is 2. The van der Waals surface area contributed by atoms with Gasteiger partial charge in [0.15, 0.2) is 5.58 Å². The first kappa shape index (κ1) is 18.0. The van der Waals surface area contributed by atoms with Gasteiger partial charge >= 0.3 is 0 Å². The predicted molar refractivity (Wildman–Crippen MR) is 97.7 cm³/mol. The molecule has 0 aliphatic rings. The Hall–Kier alpha value is -2.81. The molecule has 0 spiro atoms. The van der Waals surface area contributed by atoms with Gasteiger partial charge in [-0.1, -0.05) is 30.4 Å². The third-order valence-corrected chi connectivity index (χ3v) is 4.64. The largest absolute Gasteiger partial charge is 0.438 e. The van der Waals surface area contributed by atoms with Crippen LogP contribution >= 0.6 is 11.3 Å². The van der Waals surface area contributed by atoms with Crippen molar-refractivity contribution in [2.75, 3.05) is 5.32 Å². The number of oxazole rings is 1. The number of fused-ring (bicyclic) bond motifs is 1. The molecule has 1 unspecified atom stereocenters. The maximum Gasteiger partial charge on any atom is 0.226 e. The fourth-order valence-electron chi connectivity index (χ4n) is 2.31. The lowest BCUT2D eigenvalue weighted by Gasteiger charge is -2.10. The van der Waals surface area contributed by atoms with Gasteiger partial charge in [-0.05, 0) is 25.5 Å². The molecular weight excluding hydrogens is 354 g/mol. The molecule has 2 N–H and O–H groups in total. The van der Waals surface area contributed by atoms with Crippen molar-refractivity contribution in [1.82, 2.24) is 20.5 Å². The van der Waals surface area contributed by atoms with Gasteiger partial charge in [-0.25, -0.2) is 4.98 Å². The Labute approximate surface area is 154 Å². The van der Waals surface area contributed by atoms with E-state index >= 15 is 0 Å². The molecule has 2 aromatic heterocycles. The van der Waals surface area contributed by atoms with Crippen molar-refractivity contribution in [2.24, 2.45) is 0 Å². The van der Waals surface area contributed by atoms with Gasteiger partial charge in [0, 0.05) is 12.8 Å². The zero-order valence-corrected chi connectivity index (χ0v) is 15.3. The molecule has 0 aliphatic carbocycles. The number of benzene rings is 1. The molecule has 0 radical (unpaired) electrons. The molecule has 0 saturated carbocycles. The lowest BCUT2D eigenvalue weighted by molar-refractivity contribution is -0.124. The lowest BCUT2D eigenvalue weighted by Crippen LogP contribution is -2.27. The normalized spacial score (nSPS) is 12.1. The molecule has 2 heterocycles. The molecule has 9 heteroatoms. The van der Waals surface area contributed by atoms with Gasteiger partial charge in [0.1, 0.15) is 16.6 Å². The van der Waals surface area contributed by atoms with Crippen LogP contribution in [0.1, 0.15) is 43.6 Å². The highest BCUT2D eigenvalue weighted by molar-refractivity contribution is 7.15. The average molecular weight is 373 g/mol. The third-order valence-electron chi connectivity index (χ3n) is 3.65. The van der Waals surface area contributed by atoms with E-state index in [0.29, 0.717) is 16.6 Å². The number of hydrogen-bond donors (Lipinski definition) is 2. The highest BCUT2D eigenvalue weighted by Gasteiger charge is 2.17. The summed E-state index contributed by atoms with van der Waals surface area (Å²) in [7, 11) is 0. The van der Waals surface area contributed by atoms with E-state index in [1.165, 1.54) is 11.3 Å². The number of hydrogen-bond acceptors (Lipinski definition) is 7. The second-order valence-corrected chi connectivity index (χ2v) is 6.77. The van der Waals surface area contributed by atoms with Crippen LogP contribution in [0.3, 0.4) is 0 Å². The van der Waals surface area contributed by atoms with Crippen LogP contribution in [0.5, 0.6) is 0 Å². The first-order valence-electron chi connectivity index (χ1n) is 8.32. The van der Waals surface area contributed by atoms with Crippen LogP contribution in [-0.2, 0) is 16.0 Å². The zero-order valence-electron chi connectivity index (χ0n) is 14.5. The van der Waals surface area contributed by atoms with Crippen LogP contribution in [0.15, 0.2) is 28.7 Å². The number of nitrogens with zero attached hydrogens (tertiary/aromatic N) is 3. The highest BCUT2D eigenvalue weighted by Crippen LogP contribution is 2.20. The third kappa shape index (κ3) is 4.42. The van der Waals surface area contributed by atoms with Crippen LogP contribution in [0.4, 0.5) is 5.13 Å². The first-order chi connectivity index (χ1) is 12.5. The first-order valence-corrected chi connectivity index (χ1v) is 9.14. The standard InChI is InChI=1S/C17H19N5O3S/c1-3-15-21-22-17(26-15)20-14(24)9-8-13(23)18-10(2)16-19-11-6-4-5-7-12(11)25-16/h4-7,10H,3,8-9H2,1-2H3,(H,18,23)(H,20,22,24). The maximum atomic E-state index is 12.1. The summed E-state index contributed by atoms with van der Waals surface area (Å²) in [5, 5.41) is 14.6. The Morgan fingerprint density at radius 1 is 1.19 bits per heavy atom. The minimum atomic E-state index is -0.381. The summed E-state index contributed by atoms with van der Waals surface area (Å²) >= 11 is 1.33. The number of anilines is 1. The molecule has 3 aromatic rings. The van der Waals surface area contributed by atoms with E-state index in [4.69, 9.17) is 4.42 Å². The van der Waals surface area contributed by atoms with Gasteiger partial charge in [0.05, 0.1) is 0 Å². The van der Waals surface area contributed by atoms with Crippen molar-refractivity contribution in [3.8, 4) is 0 Å². The van der Waals surface area contributed by atoms with Crippen molar-refractivity contribution < 1.29 is 14.0 Å². The van der Waals surface area contributed by atoms with Crippen LogP contribution < -0.4 is 10.6 Å². The second-order valence-electron chi connectivity index (χ2n) is 5.71.